The van der Waals surface area contributed by atoms with Gasteiger partial charge in [-0.05, 0) is 45.4 Å². The Morgan fingerprint density at radius 3 is 2.56 bits per heavy atom. The summed E-state index contributed by atoms with van der Waals surface area (Å²) < 4.78 is 18.8. The largest absolute Gasteiger partial charge is 0.494 e. The fourth-order valence-electron chi connectivity index (χ4n) is 2.22. The summed E-state index contributed by atoms with van der Waals surface area (Å²) in [6.07, 6.45) is 0. The maximum atomic E-state index is 13.9. The van der Waals surface area contributed by atoms with Crippen molar-refractivity contribution in [2.75, 3.05) is 27.2 Å². The van der Waals surface area contributed by atoms with Gasteiger partial charge in [0, 0.05) is 20.1 Å². The van der Waals surface area contributed by atoms with Crippen molar-refractivity contribution in [3.05, 3.63) is 29.6 Å². The summed E-state index contributed by atoms with van der Waals surface area (Å²) in [5.74, 6) is 0.320. The minimum Gasteiger partial charge on any atom is -0.494 e. The molecule has 1 aromatic carbocycles. The predicted molar refractivity (Wildman–Crippen MR) is 98.3 cm³/mol. The zero-order valence-corrected chi connectivity index (χ0v) is 15.9. The molecule has 0 radical (unpaired) electrons. The van der Waals surface area contributed by atoms with Crippen molar-refractivity contribution in [2.24, 2.45) is 10.4 Å². The molecule has 3 N–H and O–H groups in total. The van der Waals surface area contributed by atoms with E-state index in [-0.39, 0.29) is 17.7 Å². The third-order valence-corrected chi connectivity index (χ3v) is 3.90. The van der Waals surface area contributed by atoms with Gasteiger partial charge in [0.2, 0.25) is 5.91 Å². The fourth-order valence-corrected chi connectivity index (χ4v) is 2.22. The molecule has 0 saturated heterocycles. The van der Waals surface area contributed by atoms with Crippen LogP contribution in [0.1, 0.15) is 39.3 Å². The number of ether oxygens (including phenoxy) is 1. The molecule has 0 saturated carbocycles. The molecule has 7 heteroatoms. The van der Waals surface area contributed by atoms with Crippen LogP contribution in [0.4, 0.5) is 4.39 Å². The van der Waals surface area contributed by atoms with E-state index in [4.69, 9.17) is 4.74 Å². The Morgan fingerprint density at radius 1 is 1.36 bits per heavy atom. The van der Waals surface area contributed by atoms with E-state index < -0.39 is 11.2 Å². The molecule has 0 aromatic heterocycles. The Kier molecular flexibility index (Phi) is 7.67. The van der Waals surface area contributed by atoms with Crippen LogP contribution in [0.25, 0.3) is 0 Å². The average molecular weight is 352 g/mol. The molecule has 1 aromatic rings. The van der Waals surface area contributed by atoms with Gasteiger partial charge in [0.25, 0.3) is 0 Å². The number of aliphatic imine (C=N–C) groups is 1. The Morgan fingerprint density at radius 2 is 2.04 bits per heavy atom. The first-order chi connectivity index (χ1) is 11.7. The van der Waals surface area contributed by atoms with Crippen molar-refractivity contribution in [1.82, 2.24) is 16.0 Å². The highest BCUT2D eigenvalue weighted by atomic mass is 19.1. The minimum atomic E-state index is -0.580. The van der Waals surface area contributed by atoms with Crippen LogP contribution in [0.5, 0.6) is 5.75 Å². The monoisotopic (exact) mass is 352 g/mol. The Labute approximate surface area is 149 Å². The lowest BCUT2D eigenvalue weighted by atomic mass is 9.92. The third kappa shape index (κ3) is 5.92. The molecule has 1 amide bonds. The molecule has 1 rings (SSSR count). The number of benzene rings is 1. The first-order valence-corrected chi connectivity index (χ1v) is 8.34. The number of nitrogens with zero attached hydrogens (tertiary/aromatic N) is 1. The summed E-state index contributed by atoms with van der Waals surface area (Å²) in [5, 5.41) is 9.16. The van der Waals surface area contributed by atoms with Crippen LogP contribution in [0.2, 0.25) is 0 Å². The molecule has 0 aliphatic heterocycles. The first kappa shape index (κ1) is 20.7. The average Bonchev–Trinajstić information content (AvgIpc) is 2.58. The van der Waals surface area contributed by atoms with Gasteiger partial charge in [0.1, 0.15) is 0 Å². The van der Waals surface area contributed by atoms with Gasteiger partial charge in [-0.3, -0.25) is 9.79 Å². The van der Waals surface area contributed by atoms with Crippen molar-refractivity contribution in [3.8, 4) is 5.75 Å². The maximum absolute atomic E-state index is 13.9. The van der Waals surface area contributed by atoms with Gasteiger partial charge < -0.3 is 20.7 Å². The summed E-state index contributed by atoms with van der Waals surface area (Å²) >= 11 is 0. The van der Waals surface area contributed by atoms with E-state index in [1.165, 1.54) is 13.2 Å². The topological polar surface area (TPSA) is 74.8 Å². The van der Waals surface area contributed by atoms with Gasteiger partial charge in [-0.2, -0.15) is 0 Å². The normalized spacial score (nSPS) is 13.2. The number of halogens is 1. The van der Waals surface area contributed by atoms with Gasteiger partial charge in [0.15, 0.2) is 17.5 Å². The molecule has 0 bridgehead atoms. The highest BCUT2D eigenvalue weighted by Crippen LogP contribution is 2.21. The van der Waals surface area contributed by atoms with E-state index >= 15 is 0 Å². The van der Waals surface area contributed by atoms with E-state index in [1.54, 1.807) is 19.2 Å². The van der Waals surface area contributed by atoms with Crippen molar-refractivity contribution >= 4 is 11.9 Å². The smallest absolute Gasteiger partial charge is 0.227 e. The number of guanidine groups is 1. The number of carbonyl (C=O) groups excluding carboxylic acids is 1. The van der Waals surface area contributed by atoms with Gasteiger partial charge in [-0.1, -0.05) is 6.07 Å². The lowest BCUT2D eigenvalue weighted by Gasteiger charge is -2.26. The van der Waals surface area contributed by atoms with Gasteiger partial charge in [-0.15, -0.1) is 0 Å². The SMILES string of the molecule is CCNC(=O)C(C)(C)CNC(=NC)NC(C)c1ccc(OC)c(F)c1. The lowest BCUT2D eigenvalue weighted by molar-refractivity contribution is -0.128. The van der Waals surface area contributed by atoms with E-state index in [0.717, 1.165) is 5.56 Å². The number of hydrogen-bond acceptors (Lipinski definition) is 3. The maximum Gasteiger partial charge on any atom is 0.227 e. The predicted octanol–water partition coefficient (Wildman–Crippen LogP) is 2.22. The van der Waals surface area contributed by atoms with E-state index in [1.807, 2.05) is 27.7 Å². The number of methoxy groups -OCH3 is 1. The number of carbonyl (C=O) groups is 1. The Balaban J connectivity index is 2.70. The summed E-state index contributed by atoms with van der Waals surface area (Å²) in [6, 6.07) is 4.66. The van der Waals surface area contributed by atoms with Gasteiger partial charge >= 0.3 is 0 Å². The van der Waals surface area contributed by atoms with E-state index in [2.05, 4.69) is 20.9 Å². The molecule has 0 heterocycles. The summed E-state index contributed by atoms with van der Waals surface area (Å²) in [4.78, 5) is 16.2. The van der Waals surface area contributed by atoms with Crippen LogP contribution < -0.4 is 20.7 Å². The highest BCUT2D eigenvalue weighted by Gasteiger charge is 2.27. The molecule has 6 nitrogen and oxygen atoms in total. The van der Waals surface area contributed by atoms with Crippen LogP contribution in [0, 0.1) is 11.2 Å². The number of nitrogens with one attached hydrogen (secondary N) is 3. The Hall–Kier alpha value is -2.31. The number of rotatable bonds is 7. The van der Waals surface area contributed by atoms with Crippen molar-refractivity contribution in [1.29, 1.82) is 0 Å². The molecule has 140 valence electrons. The first-order valence-electron chi connectivity index (χ1n) is 8.34. The van der Waals surface area contributed by atoms with Crippen molar-refractivity contribution in [2.45, 2.75) is 33.7 Å². The molecule has 0 fully saturated rings. The van der Waals surface area contributed by atoms with Crippen molar-refractivity contribution < 1.29 is 13.9 Å². The van der Waals surface area contributed by atoms with Gasteiger partial charge in [0.05, 0.1) is 18.6 Å². The molecule has 1 unspecified atom stereocenters. The molecular weight excluding hydrogens is 323 g/mol. The number of hydrogen-bond donors (Lipinski definition) is 3. The quantitative estimate of drug-likeness (QED) is 0.520. The second-order valence-electron chi connectivity index (χ2n) is 6.43. The standard InChI is InChI=1S/C18H29FN4O2/c1-7-21-16(24)18(3,4)11-22-17(20-5)23-12(2)13-8-9-15(25-6)14(19)10-13/h8-10,12H,7,11H2,1-6H3,(H,21,24)(H2,20,22,23). The van der Waals surface area contributed by atoms with Crippen molar-refractivity contribution in [3.63, 3.8) is 0 Å². The second kappa shape index (κ2) is 9.25. The molecule has 25 heavy (non-hydrogen) atoms. The minimum absolute atomic E-state index is 0.0248. The zero-order chi connectivity index (χ0) is 19.0. The van der Waals surface area contributed by atoms with Crippen LogP contribution in [0.3, 0.4) is 0 Å². The van der Waals surface area contributed by atoms with Crippen LogP contribution in [-0.4, -0.2) is 39.1 Å². The molecular formula is C18H29FN4O2. The number of amides is 1. The molecule has 0 aliphatic rings. The summed E-state index contributed by atoms with van der Waals surface area (Å²) in [5.41, 5.74) is 0.188. The lowest BCUT2D eigenvalue weighted by Crippen LogP contribution is -2.48. The van der Waals surface area contributed by atoms with Crippen LogP contribution >= 0.6 is 0 Å². The van der Waals surface area contributed by atoms with Crippen LogP contribution in [-0.2, 0) is 4.79 Å². The van der Waals surface area contributed by atoms with Crippen LogP contribution in [0.15, 0.2) is 23.2 Å². The molecule has 0 aliphatic carbocycles. The highest BCUT2D eigenvalue weighted by molar-refractivity contribution is 5.84. The zero-order valence-electron chi connectivity index (χ0n) is 15.9. The fraction of sp³-hybridized carbons (Fsp3) is 0.556. The van der Waals surface area contributed by atoms with Gasteiger partial charge in [-0.25, -0.2) is 4.39 Å². The summed E-state index contributed by atoms with van der Waals surface area (Å²) in [6.45, 7) is 8.53. The molecule has 0 spiro atoms. The van der Waals surface area contributed by atoms with E-state index in [0.29, 0.717) is 19.0 Å². The second-order valence-corrected chi connectivity index (χ2v) is 6.43. The Bertz CT molecular complexity index is 617. The molecule has 1 atom stereocenters. The van der Waals surface area contributed by atoms with E-state index in [9.17, 15) is 9.18 Å². The summed E-state index contributed by atoms with van der Waals surface area (Å²) in [7, 11) is 3.08. The third-order valence-electron chi connectivity index (χ3n) is 3.90.